The van der Waals surface area contributed by atoms with Gasteiger partial charge in [-0.15, -0.1) is 0 Å². The molecule has 1 aromatic carbocycles. The van der Waals surface area contributed by atoms with Gasteiger partial charge in [-0.25, -0.2) is 9.97 Å². The Balaban J connectivity index is 2.52. The number of benzene rings is 1. The average Bonchev–Trinajstić information content (AvgIpc) is 2.31. The molecule has 0 fully saturated rings. The molecule has 0 amide bonds. The highest BCUT2D eigenvalue weighted by Crippen LogP contribution is 2.18. The zero-order chi connectivity index (χ0) is 10.7. The Bertz CT molecular complexity index is 517. The predicted octanol–water partition coefficient (Wildman–Crippen LogP) is 2.78. The molecule has 0 N–H and O–H groups in total. The molecular weight excluding hydrogens is 254 g/mol. The number of halogens is 1. The minimum Gasteiger partial charge on any atom is -0.244 e. The van der Waals surface area contributed by atoms with Crippen molar-refractivity contribution in [1.82, 2.24) is 9.97 Å². The highest BCUT2D eigenvalue weighted by Gasteiger charge is 2.05. The first-order valence-corrected chi connectivity index (χ1v) is 5.08. The van der Waals surface area contributed by atoms with E-state index < -0.39 is 0 Å². The first-order chi connectivity index (χ1) is 7.31. The van der Waals surface area contributed by atoms with Crippen molar-refractivity contribution < 1.29 is 0 Å². The van der Waals surface area contributed by atoms with E-state index in [9.17, 15) is 0 Å². The minimum atomic E-state index is 0.302. The van der Waals surface area contributed by atoms with Crippen molar-refractivity contribution in [3.8, 4) is 17.3 Å². The molecule has 0 unspecified atom stereocenters. The Kier molecular flexibility index (Phi) is 2.75. The van der Waals surface area contributed by atoms with Crippen LogP contribution in [0.15, 0.2) is 41.1 Å². The topological polar surface area (TPSA) is 49.6 Å². The summed E-state index contributed by atoms with van der Waals surface area (Å²) >= 11 is 3.17. The largest absolute Gasteiger partial charge is 0.244 e. The van der Waals surface area contributed by atoms with Crippen molar-refractivity contribution in [3.63, 3.8) is 0 Å². The second-order valence-electron chi connectivity index (χ2n) is 2.87. The summed E-state index contributed by atoms with van der Waals surface area (Å²) in [6.07, 6.45) is 1.64. The van der Waals surface area contributed by atoms with E-state index in [2.05, 4.69) is 25.9 Å². The SMILES string of the molecule is N#Cc1nc(-c2ccccc2)cnc1Br. The van der Waals surface area contributed by atoms with Crippen LogP contribution in [-0.4, -0.2) is 9.97 Å². The lowest BCUT2D eigenvalue weighted by Gasteiger charge is -2.00. The third-order valence-electron chi connectivity index (χ3n) is 1.90. The Hall–Kier alpha value is -1.73. The maximum atomic E-state index is 8.81. The summed E-state index contributed by atoms with van der Waals surface area (Å²) in [4.78, 5) is 8.25. The summed E-state index contributed by atoms with van der Waals surface area (Å²) < 4.78 is 0.477. The van der Waals surface area contributed by atoms with Gasteiger partial charge in [0, 0.05) is 5.56 Å². The van der Waals surface area contributed by atoms with E-state index in [1.807, 2.05) is 36.4 Å². The van der Waals surface area contributed by atoms with Crippen LogP contribution in [0.1, 0.15) is 5.69 Å². The van der Waals surface area contributed by atoms with Crippen molar-refractivity contribution in [1.29, 1.82) is 5.26 Å². The van der Waals surface area contributed by atoms with Crippen molar-refractivity contribution in [2.45, 2.75) is 0 Å². The molecule has 0 aliphatic heterocycles. The zero-order valence-corrected chi connectivity index (χ0v) is 9.27. The second kappa shape index (κ2) is 4.20. The van der Waals surface area contributed by atoms with Gasteiger partial charge in [0.05, 0.1) is 11.9 Å². The van der Waals surface area contributed by atoms with Gasteiger partial charge in [-0.2, -0.15) is 5.26 Å². The second-order valence-corrected chi connectivity index (χ2v) is 3.62. The molecule has 1 heterocycles. The van der Waals surface area contributed by atoms with Crippen molar-refractivity contribution >= 4 is 15.9 Å². The number of nitrogens with zero attached hydrogens (tertiary/aromatic N) is 3. The van der Waals surface area contributed by atoms with E-state index in [1.165, 1.54) is 0 Å². The highest BCUT2D eigenvalue weighted by molar-refractivity contribution is 9.10. The molecule has 1 aromatic heterocycles. The average molecular weight is 260 g/mol. The molecule has 0 radical (unpaired) electrons. The van der Waals surface area contributed by atoms with Crippen LogP contribution in [0, 0.1) is 11.3 Å². The van der Waals surface area contributed by atoms with Gasteiger partial charge < -0.3 is 0 Å². The summed E-state index contributed by atoms with van der Waals surface area (Å²) in [7, 11) is 0. The molecule has 2 aromatic rings. The fourth-order valence-corrected chi connectivity index (χ4v) is 1.47. The fraction of sp³-hybridized carbons (Fsp3) is 0. The molecule has 0 saturated heterocycles. The molecule has 0 aliphatic rings. The Morgan fingerprint density at radius 3 is 2.60 bits per heavy atom. The van der Waals surface area contributed by atoms with Gasteiger partial charge in [-0.3, -0.25) is 0 Å². The Morgan fingerprint density at radius 2 is 1.93 bits per heavy atom. The molecule has 4 heteroatoms. The molecule has 2 rings (SSSR count). The smallest absolute Gasteiger partial charge is 0.173 e. The summed E-state index contributed by atoms with van der Waals surface area (Å²) in [6.45, 7) is 0. The van der Waals surface area contributed by atoms with Gasteiger partial charge in [0.1, 0.15) is 10.7 Å². The van der Waals surface area contributed by atoms with Gasteiger partial charge in [0.25, 0.3) is 0 Å². The standard InChI is InChI=1S/C11H6BrN3/c12-11-9(6-13)15-10(7-14-11)8-4-2-1-3-5-8/h1-5,7H. The lowest BCUT2D eigenvalue weighted by Crippen LogP contribution is -1.92. The van der Waals surface area contributed by atoms with Gasteiger partial charge in [0.2, 0.25) is 0 Å². The minimum absolute atomic E-state index is 0.302. The molecule has 0 bridgehead atoms. The summed E-state index contributed by atoms with van der Waals surface area (Å²) in [5, 5.41) is 8.81. The molecule has 72 valence electrons. The highest BCUT2D eigenvalue weighted by atomic mass is 79.9. The fourth-order valence-electron chi connectivity index (χ4n) is 1.19. The van der Waals surface area contributed by atoms with E-state index >= 15 is 0 Å². The van der Waals surface area contributed by atoms with Crippen LogP contribution in [0.2, 0.25) is 0 Å². The van der Waals surface area contributed by atoms with Crippen LogP contribution in [0.5, 0.6) is 0 Å². The van der Waals surface area contributed by atoms with Crippen molar-refractivity contribution in [3.05, 3.63) is 46.8 Å². The number of hydrogen-bond acceptors (Lipinski definition) is 3. The van der Waals surface area contributed by atoms with Crippen molar-refractivity contribution in [2.24, 2.45) is 0 Å². The monoisotopic (exact) mass is 259 g/mol. The van der Waals surface area contributed by atoms with Crippen molar-refractivity contribution in [2.75, 3.05) is 0 Å². The van der Waals surface area contributed by atoms with E-state index in [0.29, 0.717) is 16.0 Å². The van der Waals surface area contributed by atoms with Gasteiger partial charge in [-0.1, -0.05) is 30.3 Å². The van der Waals surface area contributed by atoms with E-state index in [4.69, 9.17) is 5.26 Å². The van der Waals surface area contributed by atoms with E-state index in [0.717, 1.165) is 5.56 Å². The molecular formula is C11H6BrN3. The summed E-state index contributed by atoms with van der Waals surface area (Å²) in [5.74, 6) is 0. The van der Waals surface area contributed by atoms with Crippen LogP contribution in [0.3, 0.4) is 0 Å². The van der Waals surface area contributed by atoms with Crippen LogP contribution in [0.4, 0.5) is 0 Å². The predicted molar refractivity (Wildman–Crippen MR) is 59.9 cm³/mol. The lowest BCUT2D eigenvalue weighted by atomic mass is 10.2. The molecule has 0 spiro atoms. The molecule has 0 atom stereocenters. The van der Waals surface area contributed by atoms with Gasteiger partial charge >= 0.3 is 0 Å². The third kappa shape index (κ3) is 2.03. The first kappa shape index (κ1) is 9.81. The number of nitriles is 1. The summed E-state index contributed by atoms with van der Waals surface area (Å²) in [6, 6.07) is 11.6. The Labute approximate surface area is 95.6 Å². The van der Waals surface area contributed by atoms with Crippen LogP contribution in [0.25, 0.3) is 11.3 Å². The van der Waals surface area contributed by atoms with E-state index in [1.54, 1.807) is 6.20 Å². The third-order valence-corrected chi connectivity index (χ3v) is 2.48. The maximum absolute atomic E-state index is 8.81. The number of aromatic nitrogens is 2. The lowest BCUT2D eigenvalue weighted by molar-refractivity contribution is 1.13. The van der Waals surface area contributed by atoms with Crippen LogP contribution >= 0.6 is 15.9 Å². The first-order valence-electron chi connectivity index (χ1n) is 4.29. The zero-order valence-electron chi connectivity index (χ0n) is 7.68. The number of rotatable bonds is 1. The van der Waals surface area contributed by atoms with Gasteiger partial charge in [-0.05, 0) is 15.9 Å². The normalized spacial score (nSPS) is 9.60. The van der Waals surface area contributed by atoms with E-state index in [-0.39, 0.29) is 0 Å². The molecule has 15 heavy (non-hydrogen) atoms. The van der Waals surface area contributed by atoms with Crippen LogP contribution < -0.4 is 0 Å². The molecule has 0 saturated carbocycles. The maximum Gasteiger partial charge on any atom is 0.173 e. The van der Waals surface area contributed by atoms with Gasteiger partial charge in [0.15, 0.2) is 5.69 Å². The Morgan fingerprint density at radius 1 is 1.20 bits per heavy atom. The summed E-state index contributed by atoms with van der Waals surface area (Å²) in [5.41, 5.74) is 1.96. The number of hydrogen-bond donors (Lipinski definition) is 0. The quantitative estimate of drug-likeness (QED) is 0.792. The van der Waals surface area contributed by atoms with Crippen LogP contribution in [-0.2, 0) is 0 Å². The molecule has 0 aliphatic carbocycles. The molecule has 3 nitrogen and oxygen atoms in total.